The first-order chi connectivity index (χ1) is 19.0. The number of hydrogen-bond acceptors (Lipinski definition) is 6. The van der Waals surface area contributed by atoms with Gasteiger partial charge in [-0.05, 0) is 57.5 Å². The Hall–Kier alpha value is -4.05. The highest BCUT2D eigenvalue weighted by molar-refractivity contribution is 7.92. The monoisotopic (exact) mass is 567 g/mol. The van der Waals surface area contributed by atoms with Crippen LogP contribution >= 0.6 is 0 Å². The van der Waals surface area contributed by atoms with Crippen molar-refractivity contribution in [3.05, 3.63) is 83.9 Å². The van der Waals surface area contributed by atoms with Gasteiger partial charge in [-0.15, -0.1) is 0 Å². The van der Waals surface area contributed by atoms with E-state index in [0.29, 0.717) is 11.5 Å². The van der Waals surface area contributed by atoms with E-state index in [4.69, 9.17) is 9.47 Å². The number of rotatable bonds is 12. The Morgan fingerprint density at radius 3 is 2.08 bits per heavy atom. The van der Waals surface area contributed by atoms with E-state index < -0.39 is 28.5 Å². The number of ether oxygens (including phenoxy) is 2. The van der Waals surface area contributed by atoms with Crippen LogP contribution in [-0.2, 0) is 26.2 Å². The highest BCUT2D eigenvalue weighted by Gasteiger charge is 2.33. The van der Waals surface area contributed by atoms with Crippen LogP contribution in [0.4, 0.5) is 5.69 Å². The summed E-state index contributed by atoms with van der Waals surface area (Å²) in [6.45, 7) is 6.84. The summed E-state index contributed by atoms with van der Waals surface area (Å²) in [6.07, 6.45) is 0. The summed E-state index contributed by atoms with van der Waals surface area (Å²) >= 11 is 0. The van der Waals surface area contributed by atoms with Crippen LogP contribution in [0.15, 0.2) is 77.7 Å². The molecule has 3 aromatic rings. The lowest BCUT2D eigenvalue weighted by Crippen LogP contribution is -2.52. The zero-order chi connectivity index (χ0) is 29.4. The predicted molar refractivity (Wildman–Crippen MR) is 155 cm³/mol. The van der Waals surface area contributed by atoms with Gasteiger partial charge in [-0.2, -0.15) is 0 Å². The molecule has 214 valence electrons. The van der Waals surface area contributed by atoms with Crippen LogP contribution in [0, 0.1) is 6.92 Å². The van der Waals surface area contributed by atoms with E-state index in [2.05, 4.69) is 5.32 Å². The van der Waals surface area contributed by atoms with Crippen molar-refractivity contribution in [1.82, 2.24) is 10.2 Å². The molecule has 0 bridgehead atoms. The lowest BCUT2D eigenvalue weighted by Gasteiger charge is -2.32. The van der Waals surface area contributed by atoms with Gasteiger partial charge in [0.05, 0.1) is 24.8 Å². The van der Waals surface area contributed by atoms with Gasteiger partial charge in [0, 0.05) is 18.7 Å². The second-order valence-corrected chi connectivity index (χ2v) is 11.6. The van der Waals surface area contributed by atoms with Gasteiger partial charge in [0.15, 0.2) is 11.5 Å². The van der Waals surface area contributed by atoms with Gasteiger partial charge in [-0.1, -0.05) is 48.0 Å². The zero-order valence-electron chi connectivity index (χ0n) is 23.7. The summed E-state index contributed by atoms with van der Waals surface area (Å²) in [7, 11) is -1.26. The maximum Gasteiger partial charge on any atom is 0.264 e. The van der Waals surface area contributed by atoms with Crippen molar-refractivity contribution in [3.8, 4) is 11.5 Å². The molecule has 10 heteroatoms. The zero-order valence-corrected chi connectivity index (χ0v) is 24.6. The predicted octanol–water partition coefficient (Wildman–Crippen LogP) is 4.15. The first kappa shape index (κ1) is 30.5. The first-order valence-corrected chi connectivity index (χ1v) is 14.4. The van der Waals surface area contributed by atoms with Gasteiger partial charge in [0.25, 0.3) is 10.0 Å². The van der Waals surface area contributed by atoms with E-state index in [1.165, 1.54) is 37.3 Å². The van der Waals surface area contributed by atoms with Gasteiger partial charge >= 0.3 is 0 Å². The second kappa shape index (κ2) is 13.3. The molecule has 0 aromatic heterocycles. The van der Waals surface area contributed by atoms with E-state index in [0.717, 1.165) is 15.4 Å². The average molecular weight is 568 g/mol. The fraction of sp³-hybridized carbons (Fsp3) is 0.333. The van der Waals surface area contributed by atoms with E-state index in [1.807, 2.05) is 45.0 Å². The van der Waals surface area contributed by atoms with E-state index >= 15 is 0 Å². The standard InChI is InChI=1S/C30H37N3O6S/c1-21(2)31-30(35)23(4)32(19-24-14-12-22(3)13-15-24)29(34)20-33(40(36,37)26-10-8-7-9-11-26)25-16-17-27(38-5)28(18-25)39-6/h7-18,21,23H,19-20H2,1-6H3,(H,31,35)/t23-/m0/s1. The van der Waals surface area contributed by atoms with Crippen molar-refractivity contribution in [2.24, 2.45) is 0 Å². The van der Waals surface area contributed by atoms with Crippen LogP contribution in [-0.4, -0.2) is 58.0 Å². The number of carbonyl (C=O) groups excluding carboxylic acids is 2. The largest absolute Gasteiger partial charge is 0.493 e. The third-order valence-electron chi connectivity index (χ3n) is 6.34. The number of carbonyl (C=O) groups is 2. The maximum atomic E-state index is 14.0. The number of amides is 2. The van der Waals surface area contributed by atoms with Crippen LogP contribution in [0.1, 0.15) is 31.9 Å². The lowest BCUT2D eigenvalue weighted by molar-refractivity contribution is -0.139. The fourth-order valence-corrected chi connectivity index (χ4v) is 5.53. The van der Waals surface area contributed by atoms with Crippen LogP contribution in [0.25, 0.3) is 0 Å². The van der Waals surface area contributed by atoms with Gasteiger partial charge in [0.2, 0.25) is 11.8 Å². The molecule has 0 radical (unpaired) electrons. The SMILES string of the molecule is COc1ccc(N(CC(=O)N(Cc2ccc(C)cc2)[C@@H](C)C(=O)NC(C)C)S(=O)(=O)c2ccccc2)cc1OC. The number of sulfonamides is 1. The molecule has 0 unspecified atom stereocenters. The number of methoxy groups -OCH3 is 2. The Morgan fingerprint density at radius 1 is 0.875 bits per heavy atom. The Morgan fingerprint density at radius 2 is 1.50 bits per heavy atom. The van der Waals surface area contributed by atoms with Crippen LogP contribution in [0.2, 0.25) is 0 Å². The Labute approximate surface area is 236 Å². The molecule has 0 spiro atoms. The molecule has 0 aliphatic rings. The molecule has 0 saturated heterocycles. The number of hydrogen-bond donors (Lipinski definition) is 1. The Bertz CT molecular complexity index is 1410. The van der Waals surface area contributed by atoms with Gasteiger partial charge < -0.3 is 19.7 Å². The van der Waals surface area contributed by atoms with Gasteiger partial charge in [-0.3, -0.25) is 13.9 Å². The van der Waals surface area contributed by atoms with E-state index in [9.17, 15) is 18.0 Å². The molecule has 0 aliphatic heterocycles. The average Bonchev–Trinajstić information content (AvgIpc) is 2.94. The Balaban J connectivity index is 2.07. The molecule has 1 atom stereocenters. The summed E-state index contributed by atoms with van der Waals surface area (Å²) in [4.78, 5) is 28.4. The summed E-state index contributed by atoms with van der Waals surface area (Å²) < 4.78 is 39.5. The molecule has 0 heterocycles. The first-order valence-electron chi connectivity index (χ1n) is 12.9. The number of aryl methyl sites for hydroxylation is 1. The summed E-state index contributed by atoms with van der Waals surface area (Å²) in [6, 6.07) is 19.1. The Kier molecular flexibility index (Phi) is 10.2. The highest BCUT2D eigenvalue weighted by atomic mass is 32.2. The highest BCUT2D eigenvalue weighted by Crippen LogP contribution is 2.34. The molecule has 3 aromatic carbocycles. The van der Waals surface area contributed by atoms with Crippen molar-refractivity contribution < 1.29 is 27.5 Å². The third-order valence-corrected chi connectivity index (χ3v) is 8.13. The topological polar surface area (TPSA) is 105 Å². The number of nitrogens with one attached hydrogen (secondary N) is 1. The van der Waals surface area contributed by atoms with Crippen LogP contribution in [0.5, 0.6) is 11.5 Å². The number of anilines is 1. The molecule has 0 aliphatic carbocycles. The molecule has 0 saturated carbocycles. The van der Waals surface area contributed by atoms with Gasteiger partial charge in [0.1, 0.15) is 12.6 Å². The van der Waals surface area contributed by atoms with Crippen LogP contribution < -0.4 is 19.1 Å². The minimum Gasteiger partial charge on any atom is -0.493 e. The second-order valence-electron chi connectivity index (χ2n) is 9.71. The molecule has 3 rings (SSSR count). The molecule has 0 fully saturated rings. The quantitative estimate of drug-likeness (QED) is 0.353. The van der Waals surface area contributed by atoms with Crippen LogP contribution in [0.3, 0.4) is 0 Å². The van der Waals surface area contributed by atoms with E-state index in [-0.39, 0.29) is 29.1 Å². The molecular weight excluding hydrogens is 530 g/mol. The molecule has 40 heavy (non-hydrogen) atoms. The minimum absolute atomic E-state index is 0.0215. The van der Waals surface area contributed by atoms with Crippen molar-refractivity contribution in [1.29, 1.82) is 0 Å². The van der Waals surface area contributed by atoms with Crippen molar-refractivity contribution in [3.63, 3.8) is 0 Å². The summed E-state index contributed by atoms with van der Waals surface area (Å²) in [5.74, 6) is -0.156. The third kappa shape index (κ3) is 7.32. The number of benzene rings is 3. The summed E-state index contributed by atoms with van der Waals surface area (Å²) in [5.41, 5.74) is 2.08. The lowest BCUT2D eigenvalue weighted by atomic mass is 10.1. The normalized spacial score (nSPS) is 12.0. The van der Waals surface area contributed by atoms with Gasteiger partial charge in [-0.25, -0.2) is 8.42 Å². The van der Waals surface area contributed by atoms with Crippen molar-refractivity contribution in [2.45, 2.75) is 51.2 Å². The van der Waals surface area contributed by atoms with Crippen molar-refractivity contribution >= 4 is 27.5 Å². The van der Waals surface area contributed by atoms with E-state index in [1.54, 1.807) is 37.3 Å². The molecule has 9 nitrogen and oxygen atoms in total. The fourth-order valence-electron chi connectivity index (χ4n) is 4.11. The molecular formula is C30H37N3O6S. The molecule has 1 N–H and O–H groups in total. The number of nitrogens with zero attached hydrogens (tertiary/aromatic N) is 2. The summed E-state index contributed by atoms with van der Waals surface area (Å²) in [5, 5.41) is 2.85. The molecule has 2 amide bonds. The van der Waals surface area contributed by atoms with Crippen molar-refractivity contribution in [2.75, 3.05) is 25.1 Å². The minimum atomic E-state index is -4.18. The maximum absolute atomic E-state index is 14.0. The smallest absolute Gasteiger partial charge is 0.264 e.